The summed E-state index contributed by atoms with van der Waals surface area (Å²) < 4.78 is 83.1. The Morgan fingerprint density at radius 2 is 0.932 bits per heavy atom. The van der Waals surface area contributed by atoms with Crippen molar-refractivity contribution in [1.29, 1.82) is 0 Å². The number of hydrogen-bond donors (Lipinski definition) is 0. The van der Waals surface area contributed by atoms with Gasteiger partial charge in [0.05, 0.1) is 31.5 Å². The SMILES string of the molecule is COCC1OC(OC2C(COC)OC(OC)C(OC)[C@@H]2OC)C(OC)C(OC)C1OC1OC(C)C(N=[N+]=[N-])C(OC)C1OC. The molecule has 3 saturated heterocycles. The third-order valence-electron chi connectivity index (χ3n) is 8.24. The number of methoxy groups -OCH3 is 9. The zero-order valence-corrected chi connectivity index (χ0v) is 27.1. The predicted molar refractivity (Wildman–Crippen MR) is 150 cm³/mol. The summed E-state index contributed by atoms with van der Waals surface area (Å²) >= 11 is 0. The van der Waals surface area contributed by atoms with Gasteiger partial charge in [0.2, 0.25) is 0 Å². The van der Waals surface area contributed by atoms with Gasteiger partial charge in [-0.25, -0.2) is 0 Å². The summed E-state index contributed by atoms with van der Waals surface area (Å²) in [6.07, 6.45) is -10.2. The highest BCUT2D eigenvalue weighted by Crippen LogP contribution is 2.36. The van der Waals surface area contributed by atoms with E-state index in [9.17, 15) is 0 Å². The molecule has 0 aromatic heterocycles. The molecule has 3 rings (SSSR count). The zero-order valence-electron chi connectivity index (χ0n) is 27.1. The molecule has 17 nitrogen and oxygen atoms in total. The summed E-state index contributed by atoms with van der Waals surface area (Å²) in [5, 5.41) is 3.86. The van der Waals surface area contributed by atoms with Crippen LogP contribution < -0.4 is 0 Å². The fraction of sp³-hybridized carbons (Fsp3) is 1.00. The van der Waals surface area contributed by atoms with E-state index in [1.807, 2.05) is 0 Å². The second kappa shape index (κ2) is 18.2. The molecular weight excluding hydrogens is 590 g/mol. The number of azide groups is 1. The average molecular weight is 640 g/mol. The summed E-state index contributed by atoms with van der Waals surface area (Å²) in [5.74, 6) is 0. The lowest BCUT2D eigenvalue weighted by Gasteiger charge is -2.50. The first-order valence-electron chi connectivity index (χ1n) is 14.3. The molecule has 0 amide bonds. The highest BCUT2D eigenvalue weighted by molar-refractivity contribution is 4.99. The second-order valence-corrected chi connectivity index (χ2v) is 10.5. The minimum absolute atomic E-state index is 0.110. The van der Waals surface area contributed by atoms with Crippen molar-refractivity contribution in [2.45, 2.75) is 99.0 Å². The fourth-order valence-electron chi connectivity index (χ4n) is 6.16. The molecule has 3 heterocycles. The van der Waals surface area contributed by atoms with Gasteiger partial charge in [0.15, 0.2) is 18.9 Å². The van der Waals surface area contributed by atoms with E-state index in [2.05, 4.69) is 10.0 Å². The summed E-state index contributed by atoms with van der Waals surface area (Å²) in [5.41, 5.74) is 9.09. The Balaban J connectivity index is 1.91. The van der Waals surface area contributed by atoms with Crippen LogP contribution in [-0.2, 0) is 66.3 Å². The molecule has 0 bridgehead atoms. The maximum absolute atomic E-state index is 9.09. The highest BCUT2D eigenvalue weighted by Gasteiger charge is 2.55. The Kier molecular flexibility index (Phi) is 15.4. The van der Waals surface area contributed by atoms with E-state index < -0.39 is 92.1 Å². The van der Waals surface area contributed by atoms with Crippen molar-refractivity contribution < 1.29 is 66.3 Å². The van der Waals surface area contributed by atoms with Gasteiger partial charge in [-0.1, -0.05) is 5.11 Å². The molecule has 0 aliphatic carbocycles. The molecule has 44 heavy (non-hydrogen) atoms. The van der Waals surface area contributed by atoms with Crippen molar-refractivity contribution in [3.8, 4) is 0 Å². The Morgan fingerprint density at radius 3 is 1.34 bits per heavy atom. The van der Waals surface area contributed by atoms with Gasteiger partial charge < -0.3 is 66.3 Å². The van der Waals surface area contributed by atoms with E-state index in [1.54, 1.807) is 28.3 Å². The number of hydrogen-bond acceptors (Lipinski definition) is 15. The van der Waals surface area contributed by atoms with Crippen molar-refractivity contribution in [2.24, 2.45) is 5.11 Å². The van der Waals surface area contributed by atoms with Gasteiger partial charge in [-0.3, -0.25) is 0 Å². The minimum atomic E-state index is -0.988. The smallest absolute Gasteiger partial charge is 0.187 e. The molecule has 14 unspecified atom stereocenters. The first kappa shape index (κ1) is 37.2. The third-order valence-corrected chi connectivity index (χ3v) is 8.24. The quantitative estimate of drug-likeness (QED) is 0.131. The van der Waals surface area contributed by atoms with Gasteiger partial charge >= 0.3 is 0 Å². The van der Waals surface area contributed by atoms with Gasteiger partial charge in [-0.15, -0.1) is 0 Å². The van der Waals surface area contributed by atoms with E-state index in [4.69, 9.17) is 71.8 Å². The molecule has 15 atom stereocenters. The molecule has 3 aliphatic heterocycles. The van der Waals surface area contributed by atoms with E-state index in [1.165, 1.54) is 42.7 Å². The Labute approximate surface area is 258 Å². The van der Waals surface area contributed by atoms with Crippen LogP contribution in [0.25, 0.3) is 10.4 Å². The molecule has 0 N–H and O–H groups in total. The first-order valence-corrected chi connectivity index (χ1v) is 14.3. The average Bonchev–Trinajstić information content (AvgIpc) is 3.03. The van der Waals surface area contributed by atoms with Gasteiger partial charge in [0, 0.05) is 68.9 Å². The van der Waals surface area contributed by atoms with Crippen LogP contribution in [0.15, 0.2) is 5.11 Å². The lowest BCUT2D eigenvalue weighted by atomic mass is 9.95. The normalized spacial score (nSPS) is 43.0. The van der Waals surface area contributed by atoms with Crippen LogP contribution in [0.3, 0.4) is 0 Å². The standard InChI is InChI=1S/C27H49N3O14/c1-13-16(29-30-28)19(33-4)22(36-7)26(40-13)43-18-15(12-32-3)42-27(24(38-9)21(18)35-6)44-17-14(11-31-2)41-25(39-10)23(37-8)20(17)34-5/h13-27H,11-12H2,1-10H3/t13?,14?,15?,16?,17?,18?,19?,20-,21?,22?,23?,24?,25?,26?,27?/m1/s1. The van der Waals surface area contributed by atoms with Crippen molar-refractivity contribution in [3.63, 3.8) is 0 Å². The fourth-order valence-corrected chi connectivity index (χ4v) is 6.16. The predicted octanol–water partition coefficient (Wildman–Crippen LogP) is 0.660. The van der Waals surface area contributed by atoms with Crippen LogP contribution in [-0.4, -0.2) is 169 Å². The molecule has 0 spiro atoms. The molecule has 17 heteroatoms. The largest absolute Gasteiger partial charge is 0.382 e. The molecule has 0 aromatic carbocycles. The van der Waals surface area contributed by atoms with Crippen molar-refractivity contribution in [2.75, 3.05) is 77.2 Å². The van der Waals surface area contributed by atoms with Crippen LogP contribution in [0.5, 0.6) is 0 Å². The maximum Gasteiger partial charge on any atom is 0.187 e. The molecule has 0 saturated carbocycles. The van der Waals surface area contributed by atoms with E-state index in [-0.39, 0.29) is 13.2 Å². The number of nitrogens with zero attached hydrogens (tertiary/aromatic N) is 3. The summed E-state index contributed by atoms with van der Waals surface area (Å²) in [4.78, 5) is 2.94. The lowest BCUT2D eigenvalue weighted by Crippen LogP contribution is -2.67. The Morgan fingerprint density at radius 1 is 0.523 bits per heavy atom. The Hall–Kier alpha value is -1.25. The van der Waals surface area contributed by atoms with E-state index in [0.717, 1.165) is 0 Å². The summed E-state index contributed by atoms with van der Waals surface area (Å²) in [6.45, 7) is 2.06. The molecule has 3 fully saturated rings. The molecule has 0 radical (unpaired) electrons. The topological polar surface area (TPSA) is 178 Å². The molecule has 256 valence electrons. The van der Waals surface area contributed by atoms with E-state index >= 15 is 0 Å². The van der Waals surface area contributed by atoms with Crippen LogP contribution in [0.4, 0.5) is 0 Å². The Bertz CT molecular complexity index is 887. The maximum atomic E-state index is 9.09. The molecule has 3 aliphatic rings. The van der Waals surface area contributed by atoms with Gasteiger partial charge in [0.25, 0.3) is 0 Å². The number of ether oxygens (including phenoxy) is 14. The minimum Gasteiger partial charge on any atom is -0.382 e. The van der Waals surface area contributed by atoms with Gasteiger partial charge in [-0.05, 0) is 12.5 Å². The van der Waals surface area contributed by atoms with Crippen molar-refractivity contribution in [3.05, 3.63) is 10.4 Å². The molecular formula is C27H49N3O14. The second-order valence-electron chi connectivity index (χ2n) is 10.5. The van der Waals surface area contributed by atoms with Gasteiger partial charge in [-0.2, -0.15) is 0 Å². The van der Waals surface area contributed by atoms with Crippen molar-refractivity contribution in [1.82, 2.24) is 0 Å². The third kappa shape index (κ3) is 7.99. The number of rotatable bonds is 16. The summed E-state index contributed by atoms with van der Waals surface area (Å²) in [6, 6.07) is -0.643. The van der Waals surface area contributed by atoms with Crippen molar-refractivity contribution >= 4 is 0 Å². The van der Waals surface area contributed by atoms with Crippen LogP contribution in [0.2, 0.25) is 0 Å². The lowest BCUT2D eigenvalue weighted by molar-refractivity contribution is -0.381. The monoisotopic (exact) mass is 639 g/mol. The summed E-state index contributed by atoms with van der Waals surface area (Å²) in [7, 11) is 13.8. The molecule has 0 aromatic rings. The van der Waals surface area contributed by atoms with E-state index in [0.29, 0.717) is 0 Å². The highest BCUT2D eigenvalue weighted by atomic mass is 16.8. The zero-order chi connectivity index (χ0) is 32.4. The van der Waals surface area contributed by atoms with Crippen LogP contribution in [0, 0.1) is 0 Å². The first-order chi connectivity index (χ1) is 21.3. The van der Waals surface area contributed by atoms with Gasteiger partial charge in [0.1, 0.15) is 54.9 Å². The van der Waals surface area contributed by atoms with Crippen LogP contribution >= 0.6 is 0 Å². The van der Waals surface area contributed by atoms with Crippen LogP contribution in [0.1, 0.15) is 6.92 Å².